The number of anilines is 1. The topological polar surface area (TPSA) is 72.2 Å². The Bertz CT molecular complexity index is 569. The number of halogens is 1. The smallest absolute Gasteiger partial charge is 0.241 e. The number of nitrogens with two attached hydrogens (primary N) is 1. The molecule has 112 valence electrons. The average molecular weight is 300 g/mol. The minimum Gasteiger partial charge on any atom is -0.399 e. The van der Waals surface area contributed by atoms with Gasteiger partial charge in [0.2, 0.25) is 10.0 Å². The SMILES string of the molecule is CC1CCC(NS(=O)(=O)c2cc(N)cc(F)c2)C(C)C1. The first-order chi connectivity index (χ1) is 9.28. The van der Waals surface area contributed by atoms with E-state index in [1.807, 2.05) is 6.92 Å². The van der Waals surface area contributed by atoms with Crippen molar-refractivity contribution in [2.24, 2.45) is 11.8 Å². The van der Waals surface area contributed by atoms with E-state index in [-0.39, 0.29) is 22.5 Å². The molecule has 0 bridgehead atoms. The molecule has 20 heavy (non-hydrogen) atoms. The van der Waals surface area contributed by atoms with Gasteiger partial charge in [0.25, 0.3) is 0 Å². The van der Waals surface area contributed by atoms with Crippen molar-refractivity contribution in [2.45, 2.75) is 44.0 Å². The van der Waals surface area contributed by atoms with E-state index in [1.165, 1.54) is 6.07 Å². The fourth-order valence-corrected chi connectivity index (χ4v) is 4.29. The number of hydrogen-bond donors (Lipinski definition) is 2. The minimum atomic E-state index is -3.73. The number of nitrogen functional groups attached to an aromatic ring is 1. The molecule has 1 aromatic carbocycles. The van der Waals surface area contributed by atoms with E-state index in [1.54, 1.807) is 0 Å². The molecule has 0 aromatic heterocycles. The van der Waals surface area contributed by atoms with Crippen molar-refractivity contribution in [1.29, 1.82) is 0 Å². The van der Waals surface area contributed by atoms with Crippen LogP contribution in [0.5, 0.6) is 0 Å². The summed E-state index contributed by atoms with van der Waals surface area (Å²) >= 11 is 0. The maximum atomic E-state index is 13.3. The molecule has 1 aromatic rings. The third-order valence-corrected chi connectivity index (χ3v) is 5.41. The first-order valence-corrected chi connectivity index (χ1v) is 8.34. The van der Waals surface area contributed by atoms with Crippen LogP contribution in [0.15, 0.2) is 23.1 Å². The Labute approximate surface area is 119 Å². The largest absolute Gasteiger partial charge is 0.399 e. The van der Waals surface area contributed by atoms with Gasteiger partial charge < -0.3 is 5.73 Å². The van der Waals surface area contributed by atoms with E-state index in [9.17, 15) is 12.8 Å². The lowest BCUT2D eigenvalue weighted by Gasteiger charge is -2.32. The van der Waals surface area contributed by atoms with Gasteiger partial charge in [0, 0.05) is 11.7 Å². The lowest BCUT2D eigenvalue weighted by molar-refractivity contribution is 0.249. The van der Waals surface area contributed by atoms with Crippen LogP contribution in [0.3, 0.4) is 0 Å². The zero-order valence-corrected chi connectivity index (χ0v) is 12.6. The van der Waals surface area contributed by atoms with Gasteiger partial charge in [-0.05, 0) is 49.3 Å². The van der Waals surface area contributed by atoms with Gasteiger partial charge in [0.1, 0.15) is 5.82 Å². The molecule has 1 aliphatic rings. The van der Waals surface area contributed by atoms with Crippen LogP contribution in [-0.4, -0.2) is 14.5 Å². The van der Waals surface area contributed by atoms with Gasteiger partial charge in [-0.1, -0.05) is 13.8 Å². The van der Waals surface area contributed by atoms with Gasteiger partial charge in [-0.15, -0.1) is 0 Å². The Morgan fingerprint density at radius 2 is 1.95 bits per heavy atom. The molecule has 0 amide bonds. The predicted molar refractivity (Wildman–Crippen MR) is 77.1 cm³/mol. The van der Waals surface area contributed by atoms with E-state index in [0.717, 1.165) is 31.4 Å². The predicted octanol–water partition coefficient (Wildman–Crippen LogP) is 2.51. The molecule has 0 heterocycles. The molecule has 3 N–H and O–H groups in total. The summed E-state index contributed by atoms with van der Waals surface area (Å²) in [4.78, 5) is -0.110. The number of rotatable bonds is 3. The first kappa shape index (κ1) is 15.3. The molecule has 1 aliphatic carbocycles. The minimum absolute atomic E-state index is 0.0966. The van der Waals surface area contributed by atoms with Crippen LogP contribution in [-0.2, 0) is 10.0 Å². The Kier molecular flexibility index (Phi) is 4.34. The van der Waals surface area contributed by atoms with E-state index in [0.29, 0.717) is 5.92 Å². The molecule has 0 aliphatic heterocycles. The molecule has 1 saturated carbocycles. The quantitative estimate of drug-likeness (QED) is 0.843. The maximum absolute atomic E-state index is 13.3. The van der Waals surface area contributed by atoms with Gasteiger partial charge in [0.05, 0.1) is 4.90 Å². The number of benzene rings is 1. The number of sulfonamides is 1. The molecule has 1 fully saturated rings. The summed E-state index contributed by atoms with van der Waals surface area (Å²) in [7, 11) is -3.73. The van der Waals surface area contributed by atoms with Crippen molar-refractivity contribution in [3.63, 3.8) is 0 Å². The van der Waals surface area contributed by atoms with Gasteiger partial charge in [-0.3, -0.25) is 0 Å². The van der Waals surface area contributed by atoms with Crippen LogP contribution >= 0.6 is 0 Å². The number of nitrogens with one attached hydrogen (secondary N) is 1. The lowest BCUT2D eigenvalue weighted by atomic mass is 9.80. The highest BCUT2D eigenvalue weighted by Crippen LogP contribution is 2.29. The zero-order valence-electron chi connectivity index (χ0n) is 11.8. The van der Waals surface area contributed by atoms with E-state index in [2.05, 4.69) is 11.6 Å². The monoisotopic (exact) mass is 300 g/mol. The summed E-state index contributed by atoms with van der Waals surface area (Å²) < 4.78 is 40.6. The Hall–Kier alpha value is -1.14. The average Bonchev–Trinajstić information content (AvgIpc) is 2.31. The zero-order chi connectivity index (χ0) is 14.9. The van der Waals surface area contributed by atoms with Crippen molar-refractivity contribution < 1.29 is 12.8 Å². The Balaban J connectivity index is 2.19. The summed E-state index contributed by atoms with van der Waals surface area (Å²) in [5.74, 6) is 0.255. The number of hydrogen-bond acceptors (Lipinski definition) is 3. The molecular formula is C14H21FN2O2S. The molecular weight excluding hydrogens is 279 g/mol. The van der Waals surface area contributed by atoms with E-state index < -0.39 is 15.8 Å². The molecule has 0 spiro atoms. The molecule has 3 unspecified atom stereocenters. The molecule has 0 saturated heterocycles. The highest BCUT2D eigenvalue weighted by atomic mass is 32.2. The summed E-state index contributed by atoms with van der Waals surface area (Å²) in [5.41, 5.74) is 5.61. The van der Waals surface area contributed by atoms with Crippen molar-refractivity contribution in [1.82, 2.24) is 4.72 Å². The maximum Gasteiger partial charge on any atom is 0.241 e. The molecule has 3 atom stereocenters. The fraction of sp³-hybridized carbons (Fsp3) is 0.571. The standard InChI is InChI=1S/C14H21FN2O2S/c1-9-3-4-14(10(2)5-9)17-20(18,19)13-7-11(15)6-12(16)8-13/h6-10,14,17H,3-5,16H2,1-2H3. The van der Waals surface area contributed by atoms with Crippen LogP contribution in [0, 0.1) is 17.7 Å². The summed E-state index contributed by atoms with van der Waals surface area (Å²) in [5, 5.41) is 0. The molecule has 2 rings (SSSR count). The van der Waals surface area contributed by atoms with Crippen LogP contribution in [0.1, 0.15) is 33.1 Å². The van der Waals surface area contributed by atoms with E-state index >= 15 is 0 Å². The van der Waals surface area contributed by atoms with Crippen LogP contribution < -0.4 is 10.5 Å². The van der Waals surface area contributed by atoms with Crippen LogP contribution in [0.4, 0.5) is 10.1 Å². The van der Waals surface area contributed by atoms with Gasteiger partial charge in [0.15, 0.2) is 0 Å². The third-order valence-electron chi connectivity index (χ3n) is 3.94. The van der Waals surface area contributed by atoms with Gasteiger partial charge in [-0.25, -0.2) is 17.5 Å². The highest BCUT2D eigenvalue weighted by Gasteiger charge is 2.29. The normalized spacial score (nSPS) is 27.4. The second kappa shape index (κ2) is 5.69. The highest BCUT2D eigenvalue weighted by molar-refractivity contribution is 7.89. The van der Waals surface area contributed by atoms with Crippen LogP contribution in [0.25, 0.3) is 0 Å². The Morgan fingerprint density at radius 1 is 1.25 bits per heavy atom. The van der Waals surface area contributed by atoms with Crippen molar-refractivity contribution in [3.8, 4) is 0 Å². The van der Waals surface area contributed by atoms with Crippen LogP contribution in [0.2, 0.25) is 0 Å². The third kappa shape index (κ3) is 3.49. The Morgan fingerprint density at radius 3 is 2.55 bits per heavy atom. The van der Waals surface area contributed by atoms with E-state index in [4.69, 9.17) is 5.73 Å². The van der Waals surface area contributed by atoms with Gasteiger partial charge >= 0.3 is 0 Å². The molecule has 4 nitrogen and oxygen atoms in total. The molecule has 0 radical (unpaired) electrons. The summed E-state index contributed by atoms with van der Waals surface area (Å²) in [6, 6.07) is 3.28. The van der Waals surface area contributed by atoms with Crippen molar-refractivity contribution in [2.75, 3.05) is 5.73 Å². The van der Waals surface area contributed by atoms with Crippen molar-refractivity contribution in [3.05, 3.63) is 24.0 Å². The fourth-order valence-electron chi connectivity index (χ4n) is 2.85. The first-order valence-electron chi connectivity index (χ1n) is 6.86. The second-order valence-corrected chi connectivity index (χ2v) is 7.56. The summed E-state index contributed by atoms with van der Waals surface area (Å²) in [6.45, 7) is 4.22. The van der Waals surface area contributed by atoms with Crippen molar-refractivity contribution >= 4 is 15.7 Å². The summed E-state index contributed by atoms with van der Waals surface area (Å²) in [6.07, 6.45) is 2.81. The lowest BCUT2D eigenvalue weighted by Crippen LogP contribution is -2.42. The molecule has 6 heteroatoms. The second-order valence-electron chi connectivity index (χ2n) is 5.84. The van der Waals surface area contributed by atoms with Gasteiger partial charge in [-0.2, -0.15) is 0 Å².